The molecule has 0 bridgehead atoms. The number of rotatable bonds is 8. The predicted octanol–water partition coefficient (Wildman–Crippen LogP) is 3.78. The number of ether oxygens (including phenoxy) is 2. The van der Waals surface area contributed by atoms with Crippen LogP contribution in [-0.4, -0.2) is 65.6 Å². The first-order valence-electron chi connectivity index (χ1n) is 11.5. The molecular weight excluding hydrogens is 537 g/mol. The summed E-state index contributed by atoms with van der Waals surface area (Å²) in [5, 5.41) is 12.0. The molecule has 1 saturated heterocycles. The van der Waals surface area contributed by atoms with Crippen LogP contribution in [0, 0.1) is 22.0 Å². The van der Waals surface area contributed by atoms with Crippen LogP contribution in [0.25, 0.3) is 17.1 Å². The summed E-state index contributed by atoms with van der Waals surface area (Å²) in [6.07, 6.45) is 0.207. The third-order valence-corrected chi connectivity index (χ3v) is 6.02. The van der Waals surface area contributed by atoms with Crippen molar-refractivity contribution in [1.82, 2.24) is 20.0 Å². The van der Waals surface area contributed by atoms with Crippen molar-refractivity contribution in [3.8, 4) is 34.8 Å². The van der Waals surface area contributed by atoms with Crippen LogP contribution in [0.1, 0.15) is 22.5 Å². The molecule has 38 heavy (non-hydrogen) atoms. The smallest absolute Gasteiger partial charge is 0.294 e. The molecule has 2 aromatic carbocycles. The van der Waals surface area contributed by atoms with E-state index >= 15 is 0 Å². The second kappa shape index (κ2) is 12.6. The Kier molecular flexibility index (Phi) is 9.04. The summed E-state index contributed by atoms with van der Waals surface area (Å²) < 4.78 is 12.7. The van der Waals surface area contributed by atoms with E-state index in [9.17, 15) is 14.9 Å². The summed E-state index contributed by atoms with van der Waals surface area (Å²) in [7, 11) is 1.46. The Balaban J connectivity index is 1.71. The van der Waals surface area contributed by atoms with E-state index in [1.54, 1.807) is 52.0 Å². The Bertz CT molecular complexity index is 1380. The maximum atomic E-state index is 13.3. The SMILES string of the molecule is COc1c(C(=O)NN2CCOCC2)nc(-c2ccc(Cl)cc2Cl)n1-c1ccc(C#CCCO[N+](=O)[O-])cc1. The molecular formula is C25H23Cl2N5O6. The third kappa shape index (κ3) is 6.54. The van der Waals surface area contributed by atoms with Crippen LogP contribution in [0.3, 0.4) is 0 Å². The molecule has 1 aromatic heterocycles. The van der Waals surface area contributed by atoms with Crippen LogP contribution < -0.4 is 10.2 Å². The Morgan fingerprint density at radius 1 is 1.21 bits per heavy atom. The van der Waals surface area contributed by atoms with Gasteiger partial charge >= 0.3 is 0 Å². The fourth-order valence-electron chi connectivity index (χ4n) is 3.73. The van der Waals surface area contributed by atoms with Crippen LogP contribution in [0.5, 0.6) is 5.88 Å². The topological polar surface area (TPSA) is 121 Å². The van der Waals surface area contributed by atoms with Crippen molar-refractivity contribution in [2.75, 3.05) is 40.0 Å². The van der Waals surface area contributed by atoms with Gasteiger partial charge in [0.05, 0.1) is 31.0 Å². The number of carbonyl (C=O) groups excluding carboxylic acids is 1. The van der Waals surface area contributed by atoms with Crippen molar-refractivity contribution in [3.05, 3.63) is 73.9 Å². The molecule has 13 heteroatoms. The molecule has 0 unspecified atom stereocenters. The first-order valence-corrected chi connectivity index (χ1v) is 12.3. The van der Waals surface area contributed by atoms with Gasteiger partial charge in [0.2, 0.25) is 5.88 Å². The van der Waals surface area contributed by atoms with Crippen LogP contribution in [0.4, 0.5) is 0 Å². The number of methoxy groups -OCH3 is 1. The molecule has 0 radical (unpaired) electrons. The molecule has 1 aliphatic heterocycles. The maximum Gasteiger partial charge on any atom is 0.294 e. The number of imidazole rings is 1. The average Bonchev–Trinajstić information content (AvgIpc) is 3.29. The number of nitrogens with zero attached hydrogens (tertiary/aromatic N) is 4. The number of benzene rings is 2. The number of amides is 1. The highest BCUT2D eigenvalue weighted by molar-refractivity contribution is 6.36. The van der Waals surface area contributed by atoms with Crippen molar-refractivity contribution in [3.63, 3.8) is 0 Å². The highest BCUT2D eigenvalue weighted by Crippen LogP contribution is 2.36. The molecule has 4 rings (SSSR count). The summed E-state index contributed by atoms with van der Waals surface area (Å²) >= 11 is 12.6. The van der Waals surface area contributed by atoms with Gasteiger partial charge in [-0.15, -0.1) is 10.1 Å². The monoisotopic (exact) mass is 559 g/mol. The lowest BCUT2D eigenvalue weighted by Crippen LogP contribution is -2.48. The van der Waals surface area contributed by atoms with Gasteiger partial charge in [-0.05, 0) is 42.5 Å². The lowest BCUT2D eigenvalue weighted by Gasteiger charge is -2.26. The minimum Gasteiger partial charge on any atom is -0.480 e. The van der Waals surface area contributed by atoms with E-state index in [2.05, 4.69) is 27.1 Å². The second-order valence-electron chi connectivity index (χ2n) is 7.95. The number of hydrazine groups is 1. The van der Waals surface area contributed by atoms with Crippen LogP contribution in [-0.2, 0) is 9.57 Å². The number of halogens is 2. The number of carbonyl (C=O) groups is 1. The van der Waals surface area contributed by atoms with Gasteiger partial charge in [0.1, 0.15) is 12.4 Å². The lowest BCUT2D eigenvalue weighted by atomic mass is 10.2. The highest BCUT2D eigenvalue weighted by atomic mass is 35.5. The lowest BCUT2D eigenvalue weighted by molar-refractivity contribution is -0.757. The predicted molar refractivity (Wildman–Crippen MR) is 140 cm³/mol. The fourth-order valence-corrected chi connectivity index (χ4v) is 4.23. The highest BCUT2D eigenvalue weighted by Gasteiger charge is 2.28. The second-order valence-corrected chi connectivity index (χ2v) is 8.79. The van der Waals surface area contributed by atoms with Gasteiger partial charge < -0.3 is 14.3 Å². The number of hydrogen-bond donors (Lipinski definition) is 1. The van der Waals surface area contributed by atoms with E-state index in [4.69, 9.17) is 32.7 Å². The van der Waals surface area contributed by atoms with Crippen molar-refractivity contribution in [2.24, 2.45) is 0 Å². The molecule has 0 atom stereocenters. The van der Waals surface area contributed by atoms with Crippen LogP contribution in [0.2, 0.25) is 10.0 Å². The summed E-state index contributed by atoms with van der Waals surface area (Å²) in [5.41, 5.74) is 4.82. The van der Waals surface area contributed by atoms with Gasteiger partial charge in [0, 0.05) is 35.7 Å². The van der Waals surface area contributed by atoms with Gasteiger partial charge in [0.25, 0.3) is 11.0 Å². The molecule has 2 heterocycles. The largest absolute Gasteiger partial charge is 0.480 e. The summed E-state index contributed by atoms with van der Waals surface area (Å²) in [4.78, 5) is 32.4. The third-order valence-electron chi connectivity index (χ3n) is 5.47. The van der Waals surface area contributed by atoms with Gasteiger partial charge in [-0.3, -0.25) is 14.8 Å². The van der Waals surface area contributed by atoms with E-state index in [1.165, 1.54) is 7.11 Å². The van der Waals surface area contributed by atoms with Gasteiger partial charge in [-0.25, -0.2) is 9.99 Å². The molecule has 1 aliphatic rings. The molecule has 1 amide bonds. The number of nitrogens with one attached hydrogen (secondary N) is 1. The minimum absolute atomic E-state index is 0.0784. The Morgan fingerprint density at radius 2 is 1.95 bits per heavy atom. The Hall–Kier alpha value is -3.82. The normalized spacial score (nSPS) is 13.3. The van der Waals surface area contributed by atoms with E-state index in [0.29, 0.717) is 59.0 Å². The quantitative estimate of drug-likeness (QED) is 0.191. The summed E-state index contributed by atoms with van der Waals surface area (Å²) in [5.74, 6) is 5.92. The fraction of sp³-hybridized carbons (Fsp3) is 0.280. The van der Waals surface area contributed by atoms with E-state index in [0.717, 1.165) is 0 Å². The molecule has 198 valence electrons. The van der Waals surface area contributed by atoms with Crippen LogP contribution in [0.15, 0.2) is 42.5 Å². The molecule has 1 N–H and O–H groups in total. The standard InChI is InChI=1S/C25H23Cl2N5O6/c1-36-25-22(24(33)29-30-11-14-37-15-12-30)28-23(20-10-7-18(26)16-21(20)27)31(25)19-8-5-17(6-9-19)4-2-3-13-38-32(34)35/h5-10,16H,3,11-15H2,1H3,(H,29,33). The summed E-state index contributed by atoms with van der Waals surface area (Å²) in [6, 6.07) is 12.1. The van der Waals surface area contributed by atoms with Gasteiger partial charge in [-0.1, -0.05) is 35.0 Å². The van der Waals surface area contributed by atoms with E-state index < -0.39 is 11.0 Å². The molecule has 1 fully saturated rings. The van der Waals surface area contributed by atoms with Crippen molar-refractivity contribution >= 4 is 29.1 Å². The zero-order chi connectivity index (χ0) is 27.1. The molecule has 0 spiro atoms. The van der Waals surface area contributed by atoms with Crippen molar-refractivity contribution in [1.29, 1.82) is 0 Å². The zero-order valence-corrected chi connectivity index (χ0v) is 21.8. The maximum absolute atomic E-state index is 13.3. The minimum atomic E-state index is -0.852. The average molecular weight is 560 g/mol. The van der Waals surface area contributed by atoms with Crippen LogP contribution >= 0.6 is 23.2 Å². The zero-order valence-electron chi connectivity index (χ0n) is 20.3. The van der Waals surface area contributed by atoms with E-state index in [-0.39, 0.29) is 24.6 Å². The van der Waals surface area contributed by atoms with Gasteiger partial charge in [-0.2, -0.15) is 0 Å². The number of morpholine rings is 1. The first kappa shape index (κ1) is 27.2. The van der Waals surface area contributed by atoms with Gasteiger partial charge in [0.15, 0.2) is 5.69 Å². The van der Waals surface area contributed by atoms with E-state index in [1.807, 2.05) is 0 Å². The molecule has 0 saturated carbocycles. The van der Waals surface area contributed by atoms with Crippen molar-refractivity contribution < 1.29 is 24.2 Å². The Morgan fingerprint density at radius 3 is 2.61 bits per heavy atom. The number of hydrogen-bond acceptors (Lipinski definition) is 8. The van der Waals surface area contributed by atoms with Crippen molar-refractivity contribution in [2.45, 2.75) is 6.42 Å². The molecule has 0 aliphatic carbocycles. The number of aromatic nitrogens is 2. The Labute approximate surface area is 228 Å². The molecule has 3 aromatic rings. The molecule has 11 nitrogen and oxygen atoms in total. The first-order chi connectivity index (χ1) is 18.4. The summed E-state index contributed by atoms with van der Waals surface area (Å²) in [6.45, 7) is 2.01.